The van der Waals surface area contributed by atoms with Gasteiger partial charge in [-0.25, -0.2) is 0 Å². The maximum atomic E-state index is 11.1. The Morgan fingerprint density at radius 2 is 2.27 bits per heavy atom. The van der Waals surface area contributed by atoms with E-state index in [4.69, 9.17) is 21.4 Å². The Morgan fingerprint density at radius 3 is 2.88 bits per heavy atom. The van der Waals surface area contributed by atoms with Crippen molar-refractivity contribution in [2.24, 2.45) is 5.92 Å². The van der Waals surface area contributed by atoms with Crippen molar-refractivity contribution >= 4 is 17.6 Å². The topological polar surface area (TPSA) is 61.8 Å². The van der Waals surface area contributed by atoms with Gasteiger partial charge in [-0.3, -0.25) is 9.69 Å². The highest BCUT2D eigenvalue weighted by Gasteiger charge is 2.28. The van der Waals surface area contributed by atoms with Crippen LogP contribution in [0, 0.1) is 5.92 Å². The van der Waals surface area contributed by atoms with E-state index < -0.39 is 5.97 Å². The molecule has 0 radical (unpaired) electrons. The number of likely N-dealkylation sites (tertiary alicyclic amines) is 1. The second-order valence-electron chi connectivity index (χ2n) is 6.29. The van der Waals surface area contributed by atoms with Gasteiger partial charge in [0.1, 0.15) is 5.75 Å². The van der Waals surface area contributed by atoms with Crippen molar-refractivity contribution in [2.45, 2.75) is 19.5 Å². The Morgan fingerprint density at radius 1 is 1.50 bits per heavy atom. The highest BCUT2D eigenvalue weighted by atomic mass is 35.5. The smallest absolute Gasteiger partial charge is 0.307 e. The van der Waals surface area contributed by atoms with Crippen LogP contribution in [0.5, 0.6) is 5.75 Å². The normalized spacial score (nSPS) is 17.4. The Hall–Kier alpha value is -2.24. The number of halogens is 1. The number of rotatable bonds is 9. The number of nitrogens with one attached hydrogen (secondary N) is 1. The van der Waals surface area contributed by atoms with Gasteiger partial charge in [0.05, 0.1) is 13.0 Å². The van der Waals surface area contributed by atoms with Crippen LogP contribution in [0.2, 0.25) is 5.02 Å². The first-order valence-corrected chi connectivity index (χ1v) is 8.84. The van der Waals surface area contributed by atoms with E-state index in [2.05, 4.69) is 23.4 Å². The number of carboxylic acid groups (broad SMARTS) is 1. The van der Waals surface area contributed by atoms with Crippen molar-refractivity contribution in [3.8, 4) is 5.75 Å². The van der Waals surface area contributed by atoms with Crippen LogP contribution >= 0.6 is 11.6 Å². The number of ether oxygens (including phenoxy) is 1. The number of hydrogen-bond donors (Lipinski definition) is 2. The van der Waals surface area contributed by atoms with Crippen molar-refractivity contribution in [1.29, 1.82) is 0 Å². The quantitative estimate of drug-likeness (QED) is 0.645. The van der Waals surface area contributed by atoms with Crippen LogP contribution in [0.4, 0.5) is 0 Å². The summed E-state index contributed by atoms with van der Waals surface area (Å²) in [6.45, 7) is 10.00. The molecule has 0 spiro atoms. The van der Waals surface area contributed by atoms with E-state index in [9.17, 15) is 4.79 Å². The van der Waals surface area contributed by atoms with Crippen LogP contribution in [0.25, 0.3) is 0 Å². The van der Waals surface area contributed by atoms with Crippen molar-refractivity contribution in [1.82, 2.24) is 10.2 Å². The molecule has 26 heavy (non-hydrogen) atoms. The Bertz CT molecular complexity index is 715. The molecule has 1 aliphatic heterocycles. The van der Waals surface area contributed by atoms with Gasteiger partial charge in [0.15, 0.2) is 0 Å². The Kier molecular flexibility index (Phi) is 7.30. The SMILES string of the molecule is C=C/C=C\C(=C)NCc1cc(OC)c(CN2CC[C@@H](C(=O)O)C2)cc1Cl. The third-order valence-corrected chi connectivity index (χ3v) is 4.76. The Balaban J connectivity index is 2.06. The summed E-state index contributed by atoms with van der Waals surface area (Å²) in [7, 11) is 1.62. The average molecular weight is 377 g/mol. The van der Waals surface area contributed by atoms with E-state index in [-0.39, 0.29) is 5.92 Å². The molecule has 0 saturated carbocycles. The zero-order valence-electron chi connectivity index (χ0n) is 15.0. The van der Waals surface area contributed by atoms with E-state index >= 15 is 0 Å². The molecule has 1 saturated heterocycles. The van der Waals surface area contributed by atoms with Crippen LogP contribution in [-0.2, 0) is 17.9 Å². The van der Waals surface area contributed by atoms with Gasteiger partial charge in [0.25, 0.3) is 0 Å². The maximum Gasteiger partial charge on any atom is 0.307 e. The largest absolute Gasteiger partial charge is 0.496 e. The summed E-state index contributed by atoms with van der Waals surface area (Å²) in [6.07, 6.45) is 6.00. The lowest BCUT2D eigenvalue weighted by molar-refractivity contribution is -0.141. The molecule has 5 nitrogen and oxygen atoms in total. The van der Waals surface area contributed by atoms with E-state index in [1.54, 1.807) is 19.3 Å². The van der Waals surface area contributed by atoms with Gasteiger partial charge in [0, 0.05) is 35.9 Å². The van der Waals surface area contributed by atoms with Crippen LogP contribution in [0.15, 0.2) is 49.2 Å². The summed E-state index contributed by atoms with van der Waals surface area (Å²) in [6, 6.07) is 3.81. The molecule has 0 amide bonds. The van der Waals surface area contributed by atoms with Gasteiger partial charge in [-0.1, -0.05) is 36.9 Å². The number of nitrogens with zero attached hydrogens (tertiary/aromatic N) is 1. The summed E-state index contributed by atoms with van der Waals surface area (Å²) >= 11 is 6.44. The van der Waals surface area contributed by atoms with E-state index in [0.717, 1.165) is 29.1 Å². The molecule has 1 aromatic carbocycles. The standard InChI is InChI=1S/C20H25ClN2O3/c1-4-5-6-14(2)22-11-16-10-19(26-3)17(9-18(16)21)13-23-8-7-15(12-23)20(24)25/h4-6,9-10,15,22H,1-2,7-8,11-13H2,3H3,(H,24,25)/b6-5-/t15-/m1/s1. The molecule has 140 valence electrons. The van der Waals surface area contributed by atoms with Crippen molar-refractivity contribution < 1.29 is 14.6 Å². The second-order valence-corrected chi connectivity index (χ2v) is 6.70. The molecule has 1 heterocycles. The number of carboxylic acids is 1. The third-order valence-electron chi connectivity index (χ3n) is 4.40. The molecule has 2 N–H and O–H groups in total. The molecular weight excluding hydrogens is 352 g/mol. The molecular formula is C20H25ClN2O3. The van der Waals surface area contributed by atoms with Crippen molar-refractivity contribution in [3.05, 3.63) is 65.4 Å². The molecule has 1 aliphatic rings. The Labute approximate surface area is 159 Å². The lowest BCUT2D eigenvalue weighted by atomic mass is 10.1. The monoisotopic (exact) mass is 376 g/mol. The van der Waals surface area contributed by atoms with Gasteiger partial charge >= 0.3 is 5.97 Å². The maximum absolute atomic E-state index is 11.1. The summed E-state index contributed by atoms with van der Waals surface area (Å²) in [5, 5.41) is 13.0. The molecule has 0 aliphatic carbocycles. The molecule has 2 rings (SSSR count). The number of methoxy groups -OCH3 is 1. The summed E-state index contributed by atoms with van der Waals surface area (Å²) < 4.78 is 5.52. The molecule has 1 aromatic rings. The van der Waals surface area contributed by atoms with Gasteiger partial charge in [-0.15, -0.1) is 0 Å². The van der Waals surface area contributed by atoms with Gasteiger partial charge in [-0.2, -0.15) is 0 Å². The van der Waals surface area contributed by atoms with E-state index in [1.807, 2.05) is 18.2 Å². The van der Waals surface area contributed by atoms with Crippen LogP contribution in [0.3, 0.4) is 0 Å². The minimum atomic E-state index is -0.732. The zero-order chi connectivity index (χ0) is 19.1. The van der Waals surface area contributed by atoms with Crippen molar-refractivity contribution in [2.75, 3.05) is 20.2 Å². The van der Waals surface area contributed by atoms with E-state index in [1.165, 1.54) is 0 Å². The first-order valence-electron chi connectivity index (χ1n) is 8.47. The highest BCUT2D eigenvalue weighted by molar-refractivity contribution is 6.31. The predicted octanol–water partition coefficient (Wildman–Crippen LogP) is 3.60. The van der Waals surface area contributed by atoms with Gasteiger partial charge in [0.2, 0.25) is 0 Å². The number of carbonyl (C=O) groups is 1. The fourth-order valence-electron chi connectivity index (χ4n) is 2.96. The summed E-state index contributed by atoms with van der Waals surface area (Å²) in [4.78, 5) is 13.2. The van der Waals surface area contributed by atoms with Gasteiger partial charge in [-0.05, 0) is 36.7 Å². The van der Waals surface area contributed by atoms with Gasteiger partial charge < -0.3 is 15.2 Å². The molecule has 0 unspecified atom stereocenters. The number of allylic oxidation sites excluding steroid dienone is 3. The molecule has 0 bridgehead atoms. The number of aliphatic carboxylic acids is 1. The molecule has 6 heteroatoms. The van der Waals surface area contributed by atoms with E-state index in [0.29, 0.717) is 31.1 Å². The number of hydrogen-bond acceptors (Lipinski definition) is 4. The fourth-order valence-corrected chi connectivity index (χ4v) is 3.21. The fraction of sp³-hybridized carbons (Fsp3) is 0.350. The first kappa shape index (κ1) is 20.1. The van der Waals surface area contributed by atoms with Crippen LogP contribution in [0.1, 0.15) is 17.5 Å². The third kappa shape index (κ3) is 5.38. The molecule has 0 aromatic heterocycles. The lowest BCUT2D eigenvalue weighted by Gasteiger charge is -2.19. The number of benzene rings is 1. The average Bonchev–Trinajstić information content (AvgIpc) is 3.08. The predicted molar refractivity (Wildman–Crippen MR) is 104 cm³/mol. The minimum Gasteiger partial charge on any atom is -0.496 e. The zero-order valence-corrected chi connectivity index (χ0v) is 15.8. The summed E-state index contributed by atoms with van der Waals surface area (Å²) in [5.41, 5.74) is 2.63. The first-order chi connectivity index (χ1) is 12.4. The summed E-state index contributed by atoms with van der Waals surface area (Å²) in [5.74, 6) is -0.281. The van der Waals surface area contributed by atoms with Crippen molar-refractivity contribution in [3.63, 3.8) is 0 Å². The molecule has 1 atom stereocenters. The highest BCUT2D eigenvalue weighted by Crippen LogP contribution is 2.30. The second kappa shape index (κ2) is 9.46. The van der Waals surface area contributed by atoms with Crippen LogP contribution < -0.4 is 10.1 Å². The minimum absolute atomic E-state index is 0.297. The molecule has 1 fully saturated rings. The van der Waals surface area contributed by atoms with Crippen LogP contribution in [-0.4, -0.2) is 36.2 Å². The lowest BCUT2D eigenvalue weighted by Crippen LogP contribution is -2.23.